The topological polar surface area (TPSA) is 86.8 Å². The molecule has 1 atom stereocenters. The molecule has 0 saturated heterocycles. The molecule has 0 spiro atoms. The molecule has 7 nitrogen and oxygen atoms in total. The van der Waals surface area contributed by atoms with Crippen LogP contribution in [0.1, 0.15) is 37.8 Å². The molecule has 0 fully saturated rings. The van der Waals surface area contributed by atoms with Gasteiger partial charge in [0.1, 0.15) is 12.6 Å². The first-order valence-corrected chi connectivity index (χ1v) is 12.7. The molecule has 32 heavy (non-hydrogen) atoms. The van der Waals surface area contributed by atoms with Gasteiger partial charge in [-0.2, -0.15) is 0 Å². The van der Waals surface area contributed by atoms with E-state index in [4.69, 9.17) is 0 Å². The van der Waals surface area contributed by atoms with Crippen LogP contribution in [0.2, 0.25) is 0 Å². The van der Waals surface area contributed by atoms with Gasteiger partial charge >= 0.3 is 0 Å². The van der Waals surface area contributed by atoms with Crippen LogP contribution in [0, 0.1) is 6.92 Å². The first kappa shape index (κ1) is 25.4. The molecule has 1 N–H and O–H groups in total. The van der Waals surface area contributed by atoms with Crippen molar-refractivity contribution in [1.82, 2.24) is 10.2 Å². The molecule has 0 aliphatic heterocycles. The Balaban J connectivity index is 2.39. The molecule has 0 bridgehead atoms. The fraction of sp³-hybridized carbons (Fsp3) is 0.417. The summed E-state index contributed by atoms with van der Waals surface area (Å²) < 4.78 is 26.2. The number of carbonyl (C=O) groups excluding carboxylic acids is 2. The van der Waals surface area contributed by atoms with Crippen LogP contribution in [0.15, 0.2) is 54.6 Å². The van der Waals surface area contributed by atoms with Crippen molar-refractivity contribution < 1.29 is 18.0 Å². The minimum atomic E-state index is -3.72. The van der Waals surface area contributed by atoms with Crippen molar-refractivity contribution >= 4 is 27.5 Å². The lowest BCUT2D eigenvalue weighted by Gasteiger charge is -2.33. The van der Waals surface area contributed by atoms with E-state index in [1.807, 2.05) is 57.2 Å². The summed E-state index contributed by atoms with van der Waals surface area (Å²) in [5.41, 5.74) is 2.17. The average molecular weight is 460 g/mol. The zero-order chi connectivity index (χ0) is 23.7. The van der Waals surface area contributed by atoms with Crippen molar-refractivity contribution in [3.63, 3.8) is 0 Å². The van der Waals surface area contributed by atoms with Gasteiger partial charge < -0.3 is 10.2 Å². The van der Waals surface area contributed by atoms with Crippen LogP contribution >= 0.6 is 0 Å². The molecular formula is C24H33N3O4S. The van der Waals surface area contributed by atoms with Crippen LogP contribution in [0.25, 0.3) is 0 Å². The second kappa shape index (κ2) is 11.7. The highest BCUT2D eigenvalue weighted by atomic mass is 32.2. The van der Waals surface area contributed by atoms with E-state index in [9.17, 15) is 18.0 Å². The third-order valence-corrected chi connectivity index (χ3v) is 6.24. The fourth-order valence-electron chi connectivity index (χ4n) is 3.46. The van der Waals surface area contributed by atoms with Crippen molar-refractivity contribution in [2.24, 2.45) is 0 Å². The highest BCUT2D eigenvalue weighted by molar-refractivity contribution is 7.92. The van der Waals surface area contributed by atoms with Gasteiger partial charge in [0.25, 0.3) is 0 Å². The number of amides is 2. The molecule has 2 aromatic rings. The van der Waals surface area contributed by atoms with E-state index in [-0.39, 0.29) is 19.0 Å². The lowest BCUT2D eigenvalue weighted by atomic mass is 10.1. The molecule has 0 heterocycles. The van der Waals surface area contributed by atoms with E-state index in [0.717, 1.165) is 28.1 Å². The molecule has 0 radical (unpaired) electrons. The van der Waals surface area contributed by atoms with Gasteiger partial charge in [-0.3, -0.25) is 13.9 Å². The van der Waals surface area contributed by atoms with Crippen molar-refractivity contribution in [3.8, 4) is 0 Å². The summed E-state index contributed by atoms with van der Waals surface area (Å²) in [4.78, 5) is 27.8. The van der Waals surface area contributed by atoms with Crippen LogP contribution in [0.3, 0.4) is 0 Å². The second-order valence-corrected chi connectivity index (χ2v) is 9.74. The maximum absolute atomic E-state index is 13.5. The van der Waals surface area contributed by atoms with Gasteiger partial charge in [0.05, 0.1) is 11.9 Å². The van der Waals surface area contributed by atoms with Crippen molar-refractivity contribution in [2.45, 2.75) is 46.2 Å². The summed E-state index contributed by atoms with van der Waals surface area (Å²) in [5.74, 6) is -0.667. The number of hydrogen-bond donors (Lipinski definition) is 1. The zero-order valence-corrected chi connectivity index (χ0v) is 20.1. The van der Waals surface area contributed by atoms with Gasteiger partial charge in [0, 0.05) is 13.1 Å². The van der Waals surface area contributed by atoms with E-state index in [0.29, 0.717) is 18.7 Å². The molecule has 8 heteroatoms. The number of nitrogens with one attached hydrogen (secondary N) is 1. The molecule has 0 saturated carbocycles. The summed E-state index contributed by atoms with van der Waals surface area (Å²) in [5, 5.41) is 2.86. The summed E-state index contributed by atoms with van der Waals surface area (Å²) in [7, 11) is -3.72. The Kier molecular flexibility index (Phi) is 9.26. The van der Waals surface area contributed by atoms with E-state index in [2.05, 4.69) is 5.32 Å². The number of benzene rings is 2. The predicted octanol–water partition coefficient (Wildman–Crippen LogP) is 3.09. The fourth-order valence-corrected chi connectivity index (χ4v) is 4.30. The zero-order valence-electron chi connectivity index (χ0n) is 19.2. The normalized spacial score (nSPS) is 12.1. The Hall–Kier alpha value is -2.87. The summed E-state index contributed by atoms with van der Waals surface area (Å²) in [6.07, 6.45) is 2.27. The largest absolute Gasteiger partial charge is 0.354 e. The van der Waals surface area contributed by atoms with Crippen molar-refractivity contribution in [3.05, 3.63) is 65.7 Å². The van der Waals surface area contributed by atoms with Gasteiger partial charge in [-0.1, -0.05) is 56.3 Å². The van der Waals surface area contributed by atoms with Crippen LogP contribution < -0.4 is 9.62 Å². The molecule has 0 aromatic heterocycles. The summed E-state index contributed by atoms with van der Waals surface area (Å²) >= 11 is 0. The first-order valence-electron chi connectivity index (χ1n) is 10.8. The molecule has 2 rings (SSSR count). The lowest BCUT2D eigenvalue weighted by Crippen LogP contribution is -2.52. The molecule has 2 aromatic carbocycles. The third-order valence-electron chi connectivity index (χ3n) is 5.10. The van der Waals surface area contributed by atoms with Crippen LogP contribution in [-0.2, 0) is 26.2 Å². The number of rotatable bonds is 11. The minimum Gasteiger partial charge on any atom is -0.354 e. The number of aryl methyl sites for hydroxylation is 1. The van der Waals surface area contributed by atoms with E-state index < -0.39 is 22.0 Å². The van der Waals surface area contributed by atoms with Crippen molar-refractivity contribution in [2.75, 3.05) is 23.7 Å². The van der Waals surface area contributed by atoms with Crippen LogP contribution in [0.4, 0.5) is 5.69 Å². The van der Waals surface area contributed by atoms with Gasteiger partial charge in [0.15, 0.2) is 0 Å². The standard InChI is InChI=1S/C24H33N3O4S/c1-5-15-25-24(29)22(6-2)26(17-20-12-8-7-9-13-20)23(28)18-27(32(4,30)31)21-14-10-11-19(3)16-21/h7-14,16,22H,5-6,15,17-18H2,1-4H3,(H,25,29). The Morgan fingerprint density at radius 1 is 1.03 bits per heavy atom. The number of hydrogen-bond acceptors (Lipinski definition) is 4. The number of nitrogens with zero attached hydrogens (tertiary/aromatic N) is 2. The highest BCUT2D eigenvalue weighted by Crippen LogP contribution is 2.20. The lowest BCUT2D eigenvalue weighted by molar-refractivity contribution is -0.140. The molecule has 2 amide bonds. The molecule has 0 aliphatic rings. The predicted molar refractivity (Wildman–Crippen MR) is 128 cm³/mol. The monoisotopic (exact) mass is 459 g/mol. The van der Waals surface area contributed by atoms with Gasteiger partial charge in [0.2, 0.25) is 21.8 Å². The van der Waals surface area contributed by atoms with Crippen LogP contribution in [0.5, 0.6) is 0 Å². The van der Waals surface area contributed by atoms with Crippen molar-refractivity contribution in [1.29, 1.82) is 0 Å². The van der Waals surface area contributed by atoms with Gasteiger partial charge in [-0.25, -0.2) is 8.42 Å². The Morgan fingerprint density at radius 2 is 1.72 bits per heavy atom. The Bertz CT molecular complexity index is 1010. The average Bonchev–Trinajstić information content (AvgIpc) is 2.75. The summed E-state index contributed by atoms with van der Waals surface area (Å²) in [6.45, 7) is 6.01. The smallest absolute Gasteiger partial charge is 0.244 e. The Labute approximate surface area is 191 Å². The first-order chi connectivity index (χ1) is 15.2. The minimum absolute atomic E-state index is 0.211. The number of anilines is 1. The van der Waals surface area contributed by atoms with E-state index >= 15 is 0 Å². The second-order valence-electron chi connectivity index (χ2n) is 7.83. The highest BCUT2D eigenvalue weighted by Gasteiger charge is 2.31. The molecule has 1 unspecified atom stereocenters. The van der Waals surface area contributed by atoms with Gasteiger partial charge in [-0.05, 0) is 43.0 Å². The molecule has 174 valence electrons. The summed E-state index contributed by atoms with van der Waals surface area (Å²) in [6, 6.07) is 15.7. The third kappa shape index (κ3) is 7.09. The maximum atomic E-state index is 13.5. The Morgan fingerprint density at radius 3 is 2.28 bits per heavy atom. The number of sulfonamides is 1. The van der Waals surface area contributed by atoms with E-state index in [1.165, 1.54) is 4.90 Å². The van der Waals surface area contributed by atoms with Crippen LogP contribution in [-0.4, -0.2) is 50.5 Å². The van der Waals surface area contributed by atoms with E-state index in [1.54, 1.807) is 18.2 Å². The molecular weight excluding hydrogens is 426 g/mol. The quantitative estimate of drug-likeness (QED) is 0.559. The molecule has 0 aliphatic carbocycles. The SMILES string of the molecule is CCCNC(=O)C(CC)N(Cc1ccccc1)C(=O)CN(c1cccc(C)c1)S(C)(=O)=O. The van der Waals surface area contributed by atoms with Gasteiger partial charge in [-0.15, -0.1) is 0 Å². The number of carbonyl (C=O) groups is 2. The maximum Gasteiger partial charge on any atom is 0.244 e.